The Morgan fingerprint density at radius 2 is 2.35 bits per heavy atom. The number of hydrogen-bond acceptors (Lipinski definition) is 5. The van der Waals surface area contributed by atoms with E-state index >= 15 is 0 Å². The fourth-order valence-electron chi connectivity index (χ4n) is 1.71. The van der Waals surface area contributed by atoms with Gasteiger partial charge in [0.05, 0.1) is 16.7 Å². The van der Waals surface area contributed by atoms with Crippen molar-refractivity contribution in [2.45, 2.75) is 26.3 Å². The van der Waals surface area contributed by atoms with Crippen molar-refractivity contribution < 1.29 is 0 Å². The average molecular weight is 248 g/mol. The molecule has 0 fully saturated rings. The lowest BCUT2D eigenvalue weighted by Gasteiger charge is -2.15. The van der Waals surface area contributed by atoms with Crippen molar-refractivity contribution in [3.8, 4) is 0 Å². The van der Waals surface area contributed by atoms with Crippen LogP contribution in [0.15, 0.2) is 24.0 Å². The van der Waals surface area contributed by atoms with E-state index < -0.39 is 0 Å². The highest BCUT2D eigenvalue weighted by Gasteiger charge is 2.14. The van der Waals surface area contributed by atoms with Crippen LogP contribution in [0, 0.1) is 6.92 Å². The third-order valence-electron chi connectivity index (χ3n) is 2.46. The molecule has 2 aromatic rings. The van der Waals surface area contributed by atoms with Crippen molar-refractivity contribution in [3.63, 3.8) is 0 Å². The minimum atomic E-state index is 0.216. The Morgan fingerprint density at radius 1 is 1.47 bits per heavy atom. The Bertz CT molecular complexity index is 455. The number of thiazole rings is 1. The van der Waals surface area contributed by atoms with Crippen LogP contribution < -0.4 is 5.32 Å². The van der Waals surface area contributed by atoms with Crippen molar-refractivity contribution in [1.29, 1.82) is 0 Å². The van der Waals surface area contributed by atoms with E-state index in [4.69, 9.17) is 0 Å². The quantitative estimate of drug-likeness (QED) is 0.880. The Labute approximate surface area is 105 Å². The predicted octanol–water partition coefficient (Wildman–Crippen LogP) is 2.13. The molecule has 0 aliphatic rings. The summed E-state index contributed by atoms with van der Waals surface area (Å²) in [5.74, 6) is 0. The van der Waals surface area contributed by atoms with Gasteiger partial charge in [-0.25, -0.2) is 15.0 Å². The predicted molar refractivity (Wildman–Crippen MR) is 69.0 cm³/mol. The molecule has 1 unspecified atom stereocenters. The van der Waals surface area contributed by atoms with Crippen molar-refractivity contribution >= 4 is 11.3 Å². The Morgan fingerprint density at radius 3 is 2.94 bits per heavy atom. The molecule has 0 amide bonds. The summed E-state index contributed by atoms with van der Waals surface area (Å²) in [6.07, 6.45) is 4.25. The first kappa shape index (κ1) is 12.1. The molecule has 0 bridgehead atoms. The van der Waals surface area contributed by atoms with Gasteiger partial charge in [-0.3, -0.25) is 0 Å². The molecule has 0 aliphatic heterocycles. The number of aromatic nitrogens is 3. The molecule has 0 spiro atoms. The fraction of sp³-hybridized carbons (Fsp3) is 0.417. The van der Waals surface area contributed by atoms with Gasteiger partial charge in [-0.2, -0.15) is 0 Å². The van der Waals surface area contributed by atoms with Crippen LogP contribution in [0.2, 0.25) is 0 Å². The smallest absolute Gasteiger partial charge is 0.115 e. The third-order valence-corrected chi connectivity index (χ3v) is 3.45. The summed E-state index contributed by atoms with van der Waals surface area (Å²) >= 11 is 1.70. The maximum atomic E-state index is 4.49. The van der Waals surface area contributed by atoms with Gasteiger partial charge in [0.15, 0.2) is 0 Å². The molecule has 0 aromatic carbocycles. The van der Waals surface area contributed by atoms with Crippen molar-refractivity contribution in [3.05, 3.63) is 40.4 Å². The summed E-state index contributed by atoms with van der Waals surface area (Å²) < 4.78 is 0. The van der Waals surface area contributed by atoms with E-state index in [-0.39, 0.29) is 6.04 Å². The maximum absolute atomic E-state index is 4.49. The summed E-state index contributed by atoms with van der Waals surface area (Å²) in [4.78, 5) is 12.7. The van der Waals surface area contributed by atoms with Crippen molar-refractivity contribution in [1.82, 2.24) is 20.3 Å². The van der Waals surface area contributed by atoms with Crippen LogP contribution in [-0.4, -0.2) is 21.5 Å². The zero-order chi connectivity index (χ0) is 12.1. The van der Waals surface area contributed by atoms with Crippen LogP contribution in [0.1, 0.15) is 29.4 Å². The number of rotatable bonds is 5. The normalized spacial score (nSPS) is 12.6. The number of aryl methyl sites for hydroxylation is 1. The zero-order valence-corrected chi connectivity index (χ0v) is 10.9. The van der Waals surface area contributed by atoms with E-state index in [1.165, 1.54) is 0 Å². The molecule has 2 rings (SSSR count). The minimum absolute atomic E-state index is 0.216. The van der Waals surface area contributed by atoms with Gasteiger partial charge in [0.1, 0.15) is 6.33 Å². The minimum Gasteiger partial charge on any atom is -0.309 e. The zero-order valence-electron chi connectivity index (χ0n) is 10.1. The van der Waals surface area contributed by atoms with E-state index in [2.05, 4.69) is 32.6 Å². The van der Waals surface area contributed by atoms with Gasteiger partial charge in [-0.05, 0) is 19.5 Å². The van der Waals surface area contributed by atoms with E-state index in [0.717, 1.165) is 29.4 Å². The van der Waals surface area contributed by atoms with Crippen LogP contribution in [-0.2, 0) is 6.42 Å². The van der Waals surface area contributed by atoms with E-state index in [9.17, 15) is 0 Å². The lowest BCUT2D eigenvalue weighted by atomic mass is 10.1. The first-order valence-electron chi connectivity index (χ1n) is 5.70. The van der Waals surface area contributed by atoms with Crippen molar-refractivity contribution in [2.24, 2.45) is 0 Å². The number of nitrogens with one attached hydrogen (secondary N) is 1. The van der Waals surface area contributed by atoms with Gasteiger partial charge < -0.3 is 5.32 Å². The molecule has 4 nitrogen and oxygen atoms in total. The largest absolute Gasteiger partial charge is 0.309 e. The Balaban J connectivity index is 2.13. The molecule has 90 valence electrons. The lowest BCUT2D eigenvalue weighted by molar-refractivity contribution is 0.534. The van der Waals surface area contributed by atoms with Gasteiger partial charge in [0.25, 0.3) is 0 Å². The van der Waals surface area contributed by atoms with Crippen LogP contribution in [0.3, 0.4) is 0 Å². The second-order valence-corrected chi connectivity index (χ2v) is 4.77. The Kier molecular flexibility index (Phi) is 4.17. The number of nitrogens with zero attached hydrogens (tertiary/aromatic N) is 3. The van der Waals surface area contributed by atoms with E-state index in [0.29, 0.717) is 0 Å². The SMILES string of the molecule is CCNC(Cc1nc(C)cs1)c1ccncn1. The van der Waals surface area contributed by atoms with E-state index in [1.54, 1.807) is 23.9 Å². The summed E-state index contributed by atoms with van der Waals surface area (Å²) in [5.41, 5.74) is 2.11. The molecular formula is C12H16N4S. The second kappa shape index (κ2) is 5.84. The lowest BCUT2D eigenvalue weighted by Crippen LogP contribution is -2.23. The molecule has 2 aromatic heterocycles. The number of hydrogen-bond donors (Lipinski definition) is 1. The molecule has 1 atom stereocenters. The van der Waals surface area contributed by atoms with Gasteiger partial charge >= 0.3 is 0 Å². The summed E-state index contributed by atoms with van der Waals surface area (Å²) in [5, 5.41) is 6.66. The first-order chi connectivity index (χ1) is 8.29. The molecule has 1 N–H and O–H groups in total. The monoisotopic (exact) mass is 248 g/mol. The molecule has 0 radical (unpaired) electrons. The van der Waals surface area contributed by atoms with Crippen LogP contribution >= 0.6 is 11.3 Å². The molecule has 17 heavy (non-hydrogen) atoms. The maximum Gasteiger partial charge on any atom is 0.115 e. The van der Waals surface area contributed by atoms with Crippen LogP contribution in [0.4, 0.5) is 0 Å². The molecule has 2 heterocycles. The Hall–Kier alpha value is -1.33. The van der Waals surface area contributed by atoms with E-state index in [1.807, 2.05) is 13.0 Å². The molecule has 5 heteroatoms. The highest BCUT2D eigenvalue weighted by molar-refractivity contribution is 7.09. The standard InChI is InChI=1S/C12H16N4S/c1-3-14-11(10-4-5-13-8-15-10)6-12-16-9(2)7-17-12/h4-5,7-8,11,14H,3,6H2,1-2H3. The summed E-state index contributed by atoms with van der Waals surface area (Å²) in [6, 6.07) is 2.17. The molecular weight excluding hydrogens is 232 g/mol. The topological polar surface area (TPSA) is 50.7 Å². The van der Waals surface area contributed by atoms with Gasteiger partial charge in [0, 0.05) is 23.7 Å². The summed E-state index contributed by atoms with van der Waals surface area (Å²) in [6.45, 7) is 5.03. The van der Waals surface area contributed by atoms with Gasteiger partial charge in [-0.15, -0.1) is 11.3 Å². The molecule has 0 saturated carbocycles. The number of likely N-dealkylation sites (N-methyl/N-ethyl adjacent to an activating group) is 1. The summed E-state index contributed by atoms with van der Waals surface area (Å²) in [7, 11) is 0. The van der Waals surface area contributed by atoms with Crippen LogP contribution in [0.5, 0.6) is 0 Å². The molecule has 0 aliphatic carbocycles. The first-order valence-corrected chi connectivity index (χ1v) is 6.58. The second-order valence-electron chi connectivity index (χ2n) is 3.83. The third kappa shape index (κ3) is 3.31. The highest BCUT2D eigenvalue weighted by atomic mass is 32.1. The molecule has 0 saturated heterocycles. The van der Waals surface area contributed by atoms with Gasteiger partial charge in [-0.1, -0.05) is 6.92 Å². The van der Waals surface area contributed by atoms with Crippen LogP contribution in [0.25, 0.3) is 0 Å². The average Bonchev–Trinajstić information content (AvgIpc) is 2.75. The highest BCUT2D eigenvalue weighted by Crippen LogP contribution is 2.18. The van der Waals surface area contributed by atoms with Gasteiger partial charge in [0.2, 0.25) is 0 Å². The van der Waals surface area contributed by atoms with Crippen molar-refractivity contribution in [2.75, 3.05) is 6.54 Å². The fourth-order valence-corrected chi connectivity index (χ4v) is 2.52.